The van der Waals surface area contributed by atoms with E-state index in [4.69, 9.17) is 33.4 Å². The van der Waals surface area contributed by atoms with Gasteiger partial charge < -0.3 is 38.6 Å². The molecular formula is C37H58N4O10S2. The van der Waals surface area contributed by atoms with E-state index in [1.807, 2.05) is 52.0 Å². The molecule has 1 aromatic carbocycles. The number of nitrogens with zero attached hydrogens (tertiary/aromatic N) is 4. The zero-order valence-corrected chi connectivity index (χ0v) is 34.6. The first-order valence-electron chi connectivity index (χ1n) is 18.1. The number of thioether (sulfide) groups is 2. The Bertz CT molecular complexity index is 1470. The van der Waals surface area contributed by atoms with Gasteiger partial charge in [-0.2, -0.15) is 0 Å². The van der Waals surface area contributed by atoms with Gasteiger partial charge >= 0.3 is 12.2 Å². The molecule has 53 heavy (non-hydrogen) atoms. The minimum Gasteiger partial charge on any atom is -0.497 e. The summed E-state index contributed by atoms with van der Waals surface area (Å²) in [6.45, 7) is 17.6. The van der Waals surface area contributed by atoms with E-state index in [9.17, 15) is 19.8 Å². The third-order valence-corrected chi connectivity index (χ3v) is 11.4. The molecule has 0 saturated carbocycles. The Balaban J connectivity index is 0.000000251. The van der Waals surface area contributed by atoms with Crippen LogP contribution < -0.4 is 4.74 Å². The number of benzene rings is 1. The highest BCUT2D eigenvalue weighted by Gasteiger charge is 2.50. The van der Waals surface area contributed by atoms with Crippen molar-refractivity contribution in [2.24, 2.45) is 15.9 Å². The lowest BCUT2D eigenvalue weighted by atomic mass is 9.88. The predicted octanol–water partition coefficient (Wildman–Crippen LogP) is 5.87. The van der Waals surface area contributed by atoms with Crippen molar-refractivity contribution in [3.63, 3.8) is 0 Å². The average Bonchev–Trinajstić information content (AvgIpc) is 3.72. The maximum absolute atomic E-state index is 12.5. The zero-order valence-electron chi connectivity index (χ0n) is 33.0. The molecule has 298 valence electrons. The summed E-state index contributed by atoms with van der Waals surface area (Å²) in [5.41, 5.74) is -0.666. The van der Waals surface area contributed by atoms with Crippen LogP contribution in [0.5, 0.6) is 5.75 Å². The summed E-state index contributed by atoms with van der Waals surface area (Å²) in [6.07, 6.45) is -1.87. The molecule has 0 spiro atoms. The van der Waals surface area contributed by atoms with E-state index in [0.717, 1.165) is 17.7 Å². The fraction of sp³-hybridized carbons (Fsp3) is 0.730. The van der Waals surface area contributed by atoms with Gasteiger partial charge in [-0.25, -0.2) is 9.59 Å². The van der Waals surface area contributed by atoms with E-state index in [-0.39, 0.29) is 29.6 Å². The molecule has 14 nitrogen and oxygen atoms in total. The molecule has 1 aromatic rings. The van der Waals surface area contributed by atoms with Crippen LogP contribution in [0.3, 0.4) is 0 Å². The number of aliphatic hydroxyl groups excluding tert-OH is 2. The zero-order chi connectivity index (χ0) is 39.4. The topological polar surface area (TPSA) is 161 Å². The molecule has 2 fully saturated rings. The van der Waals surface area contributed by atoms with Gasteiger partial charge in [0.25, 0.3) is 0 Å². The molecular weight excluding hydrogens is 725 g/mol. The van der Waals surface area contributed by atoms with E-state index >= 15 is 0 Å². The number of methoxy groups -OCH3 is 1. The van der Waals surface area contributed by atoms with Gasteiger partial charge in [0.2, 0.25) is 0 Å². The van der Waals surface area contributed by atoms with Crippen molar-refractivity contribution in [1.29, 1.82) is 0 Å². The molecule has 0 radical (unpaired) electrons. The fourth-order valence-electron chi connectivity index (χ4n) is 6.08. The summed E-state index contributed by atoms with van der Waals surface area (Å²) < 4.78 is 34.5. The highest BCUT2D eigenvalue weighted by molar-refractivity contribution is 8.14. The molecule has 4 heterocycles. The number of hydrogen-bond donors (Lipinski definition) is 2. The van der Waals surface area contributed by atoms with Crippen LogP contribution >= 0.6 is 23.5 Å². The summed E-state index contributed by atoms with van der Waals surface area (Å²) in [5.74, 6) is 1.00. The van der Waals surface area contributed by atoms with Gasteiger partial charge in [-0.3, -0.25) is 19.8 Å². The molecule has 10 atom stereocenters. The number of amidine groups is 2. The van der Waals surface area contributed by atoms with Crippen LogP contribution in [0.2, 0.25) is 0 Å². The van der Waals surface area contributed by atoms with Crippen LogP contribution in [0, 0.1) is 5.92 Å². The van der Waals surface area contributed by atoms with Crippen LogP contribution in [0.25, 0.3) is 0 Å². The molecule has 4 aliphatic heterocycles. The molecule has 0 unspecified atom stereocenters. The first kappa shape index (κ1) is 43.1. The second kappa shape index (κ2) is 17.9. The third kappa shape index (κ3) is 11.0. The number of carbonyl (C=O) groups excluding carboxylic acids is 2. The van der Waals surface area contributed by atoms with Crippen molar-refractivity contribution in [2.45, 2.75) is 146 Å². The second-order valence-corrected chi connectivity index (χ2v) is 17.6. The molecule has 0 aliphatic carbocycles. The van der Waals surface area contributed by atoms with E-state index in [2.05, 4.69) is 18.8 Å². The maximum Gasteiger partial charge on any atom is 0.416 e. The third-order valence-electron chi connectivity index (χ3n) is 8.97. The molecule has 2 saturated heterocycles. The number of aliphatic hydroxyl groups is 2. The first-order chi connectivity index (χ1) is 24.8. The van der Waals surface area contributed by atoms with Gasteiger partial charge in [0.05, 0.1) is 32.0 Å². The van der Waals surface area contributed by atoms with Gasteiger partial charge in [-0.15, -0.1) is 0 Å². The Morgan fingerprint density at radius 3 is 1.74 bits per heavy atom. The number of fused-ring (bicyclic) bond motifs is 2. The van der Waals surface area contributed by atoms with Crippen molar-refractivity contribution in [3.8, 4) is 5.75 Å². The molecule has 0 bridgehead atoms. The normalized spacial score (nSPS) is 30.8. The first-order valence-corrected chi connectivity index (χ1v) is 19.9. The van der Waals surface area contributed by atoms with Gasteiger partial charge in [-0.05, 0) is 72.1 Å². The lowest BCUT2D eigenvalue weighted by Gasteiger charge is -2.41. The molecule has 2 N–H and O–H groups in total. The van der Waals surface area contributed by atoms with Gasteiger partial charge in [0, 0.05) is 20.0 Å². The smallest absolute Gasteiger partial charge is 0.416 e. The van der Waals surface area contributed by atoms with E-state index in [0.29, 0.717) is 23.4 Å². The van der Waals surface area contributed by atoms with Gasteiger partial charge in [0.1, 0.15) is 52.1 Å². The minimum atomic E-state index is -0.999. The van der Waals surface area contributed by atoms with Crippen molar-refractivity contribution >= 4 is 46.0 Å². The predicted molar refractivity (Wildman–Crippen MR) is 206 cm³/mol. The van der Waals surface area contributed by atoms with Crippen LogP contribution in [0.4, 0.5) is 9.59 Å². The lowest BCUT2D eigenvalue weighted by molar-refractivity contribution is -0.153. The van der Waals surface area contributed by atoms with Crippen LogP contribution in [0.1, 0.15) is 80.7 Å². The Hall–Kier alpha value is -2.60. The van der Waals surface area contributed by atoms with Gasteiger partial charge in [-0.1, -0.05) is 56.4 Å². The number of amides is 2. The van der Waals surface area contributed by atoms with Crippen LogP contribution in [-0.2, 0) is 30.3 Å². The quantitative estimate of drug-likeness (QED) is 0.354. The highest BCUT2D eigenvalue weighted by atomic mass is 32.2. The molecule has 0 aromatic heterocycles. The Labute approximate surface area is 322 Å². The Morgan fingerprint density at radius 2 is 1.26 bits per heavy atom. The standard InChI is InChI=1S/C23H34N2O5S.C14H24N2O5S/c1-8-17-14(2)19(28-13-15-9-11-16(27-7)12-10-15)18-20(29-17)31-21(24-18)25(6)22(26)30-23(3,4)5;1-6-7-9(17)10(18)8-11(20-7)22-12(15-8)16(5)13(19)21-14(2,3)4/h9-12,14,17-20H,8,13H2,1-7H3;7-11,17-18H,6H2,1-5H3/t14-,17-,18-,19+,20-;7-,8-,9-,10-,11-/m11/s1. The largest absolute Gasteiger partial charge is 0.497 e. The van der Waals surface area contributed by atoms with Crippen molar-refractivity contribution in [1.82, 2.24) is 9.80 Å². The average molecular weight is 783 g/mol. The van der Waals surface area contributed by atoms with E-state index < -0.39 is 53.2 Å². The second-order valence-electron chi connectivity index (χ2n) is 15.5. The molecule has 4 aliphatic rings. The molecule has 16 heteroatoms. The summed E-state index contributed by atoms with van der Waals surface area (Å²) in [4.78, 5) is 36.5. The van der Waals surface area contributed by atoms with Crippen LogP contribution in [0.15, 0.2) is 34.3 Å². The summed E-state index contributed by atoms with van der Waals surface area (Å²) in [6, 6.07) is 7.11. The summed E-state index contributed by atoms with van der Waals surface area (Å²) in [7, 11) is 4.91. The fourth-order valence-corrected chi connectivity index (χ4v) is 8.44. The van der Waals surface area contributed by atoms with E-state index in [1.54, 1.807) is 42.0 Å². The molecule has 5 rings (SSSR count). The highest BCUT2D eigenvalue weighted by Crippen LogP contribution is 2.42. The van der Waals surface area contributed by atoms with E-state index in [1.165, 1.54) is 33.3 Å². The number of ether oxygens (including phenoxy) is 6. The summed E-state index contributed by atoms with van der Waals surface area (Å²) >= 11 is 2.73. The number of rotatable bonds is 6. The molecule has 2 amide bonds. The number of aliphatic imine (C=N–C) groups is 2. The monoisotopic (exact) mass is 782 g/mol. The SMILES string of the molecule is CC[C@H]1O[C@@H]2SC(N(C)C(=O)OC(C)(C)C)=N[C@@H]2[C@@H](O)[C@@H]1O.CC[C@H]1O[C@@H]2SC(N(C)C(=O)OC(C)(C)C)=N[C@@H]2[C@@H](OCc2ccc(OC)cc2)[C@@H]1C. The lowest BCUT2D eigenvalue weighted by Crippen LogP contribution is -2.54. The minimum absolute atomic E-state index is 0.0796. The number of carbonyl (C=O) groups is 2. The Morgan fingerprint density at radius 1 is 0.792 bits per heavy atom. The van der Waals surface area contributed by atoms with Crippen molar-refractivity contribution < 1.29 is 48.2 Å². The van der Waals surface area contributed by atoms with Crippen molar-refractivity contribution in [2.75, 3.05) is 21.2 Å². The van der Waals surface area contributed by atoms with Gasteiger partial charge in [0.15, 0.2) is 10.3 Å². The summed E-state index contributed by atoms with van der Waals surface area (Å²) in [5, 5.41) is 21.2. The maximum atomic E-state index is 12.5. The van der Waals surface area contributed by atoms with Crippen molar-refractivity contribution in [3.05, 3.63) is 29.8 Å². The number of hydrogen-bond acceptors (Lipinski definition) is 14. The van der Waals surface area contributed by atoms with Crippen LogP contribution in [-0.4, -0.2) is 128 Å². The Kier molecular flexibility index (Phi) is 14.6.